The molecule has 20 heavy (non-hydrogen) atoms. The van der Waals surface area contributed by atoms with Gasteiger partial charge < -0.3 is 5.32 Å². The van der Waals surface area contributed by atoms with E-state index in [2.05, 4.69) is 20.5 Å². The van der Waals surface area contributed by atoms with Crippen molar-refractivity contribution in [3.05, 3.63) is 24.4 Å². The van der Waals surface area contributed by atoms with E-state index in [9.17, 15) is 4.79 Å². The first-order valence-electron chi connectivity index (χ1n) is 7.26. The molecule has 0 saturated heterocycles. The van der Waals surface area contributed by atoms with E-state index < -0.39 is 0 Å². The van der Waals surface area contributed by atoms with Gasteiger partial charge in [-0.05, 0) is 43.9 Å². The molecule has 2 aliphatic rings. The molecule has 0 spiro atoms. The molecule has 1 amide bonds. The minimum absolute atomic E-state index is 0.0961. The van der Waals surface area contributed by atoms with Crippen molar-refractivity contribution in [2.75, 3.05) is 0 Å². The van der Waals surface area contributed by atoms with Gasteiger partial charge in [0.1, 0.15) is 12.0 Å². The van der Waals surface area contributed by atoms with Crippen LogP contribution in [0.5, 0.6) is 0 Å². The van der Waals surface area contributed by atoms with Crippen molar-refractivity contribution in [2.45, 2.75) is 38.1 Å². The first kappa shape index (κ1) is 11.8. The summed E-state index contributed by atoms with van der Waals surface area (Å²) in [5.74, 6) is 1.77. The third-order valence-corrected chi connectivity index (χ3v) is 4.59. The summed E-state index contributed by atoms with van der Waals surface area (Å²) in [5.41, 5.74) is 1.07. The van der Waals surface area contributed by atoms with Crippen molar-refractivity contribution < 1.29 is 4.79 Å². The summed E-state index contributed by atoms with van der Waals surface area (Å²) in [6.45, 7) is 0. The second-order valence-corrected chi connectivity index (χ2v) is 5.95. The number of hydrogen-bond donors (Lipinski definition) is 1. The zero-order chi connectivity index (χ0) is 13.5. The predicted molar refractivity (Wildman–Crippen MR) is 72.1 cm³/mol. The maximum atomic E-state index is 12.3. The topological polar surface area (TPSA) is 72.2 Å². The molecule has 2 unspecified atom stereocenters. The van der Waals surface area contributed by atoms with Crippen LogP contribution in [0.3, 0.4) is 0 Å². The monoisotopic (exact) mass is 271 g/mol. The molecule has 0 bridgehead atoms. The second-order valence-electron chi connectivity index (χ2n) is 5.95. The van der Waals surface area contributed by atoms with E-state index in [4.69, 9.17) is 0 Å². The van der Waals surface area contributed by atoms with E-state index in [0.29, 0.717) is 17.4 Å². The number of fused-ring (bicyclic) bond motifs is 2. The minimum atomic E-state index is -0.0961. The molecule has 104 valence electrons. The van der Waals surface area contributed by atoms with Gasteiger partial charge in [-0.25, -0.2) is 4.98 Å². The average Bonchev–Trinajstić information content (AvgIpc) is 3.08. The van der Waals surface area contributed by atoms with E-state index in [1.165, 1.54) is 19.3 Å². The third kappa shape index (κ3) is 2.15. The zero-order valence-corrected chi connectivity index (χ0v) is 11.2. The predicted octanol–water partition coefficient (Wildman–Crippen LogP) is 1.43. The molecule has 0 aromatic carbocycles. The van der Waals surface area contributed by atoms with Crippen molar-refractivity contribution >= 4 is 11.6 Å². The van der Waals surface area contributed by atoms with Crippen LogP contribution in [-0.4, -0.2) is 31.5 Å². The molecule has 1 N–H and O–H groups in total. The normalized spacial score (nSPS) is 28.7. The minimum Gasteiger partial charge on any atom is -0.348 e. The summed E-state index contributed by atoms with van der Waals surface area (Å²) >= 11 is 0. The lowest BCUT2D eigenvalue weighted by Gasteiger charge is -2.16. The molecule has 2 heterocycles. The molecule has 2 aromatic rings. The van der Waals surface area contributed by atoms with Crippen molar-refractivity contribution in [1.29, 1.82) is 0 Å². The van der Waals surface area contributed by atoms with Crippen LogP contribution in [-0.2, 0) is 0 Å². The molecule has 0 aliphatic heterocycles. The zero-order valence-electron chi connectivity index (χ0n) is 11.2. The Hall–Kier alpha value is -1.98. The third-order valence-electron chi connectivity index (χ3n) is 4.59. The highest BCUT2D eigenvalue weighted by molar-refractivity contribution is 5.92. The standard InChI is InChI=1S/C14H17N5O/c20-14(12-7-19-8-16-18-13(19)6-15-12)17-11-3-1-9-5-10(9)2-4-11/h6-11H,1-5H2,(H,17,20). The smallest absolute Gasteiger partial charge is 0.271 e. The highest BCUT2D eigenvalue weighted by atomic mass is 16.1. The Bertz CT molecular complexity index is 640. The van der Waals surface area contributed by atoms with Gasteiger partial charge in [0.05, 0.1) is 6.20 Å². The fourth-order valence-electron chi connectivity index (χ4n) is 3.25. The SMILES string of the molecule is O=C(NC1CCC2CC2CC1)c1cn2cnnc2cn1. The number of nitrogens with one attached hydrogen (secondary N) is 1. The number of hydrogen-bond acceptors (Lipinski definition) is 4. The Balaban J connectivity index is 1.46. The van der Waals surface area contributed by atoms with Gasteiger partial charge in [-0.15, -0.1) is 10.2 Å². The summed E-state index contributed by atoms with van der Waals surface area (Å²) < 4.78 is 1.71. The maximum absolute atomic E-state index is 12.3. The maximum Gasteiger partial charge on any atom is 0.271 e. The highest BCUT2D eigenvalue weighted by Crippen LogP contribution is 2.47. The van der Waals surface area contributed by atoms with Crippen LogP contribution in [0.4, 0.5) is 0 Å². The second kappa shape index (κ2) is 4.54. The summed E-state index contributed by atoms with van der Waals surface area (Å²) in [5, 5.41) is 10.8. The summed E-state index contributed by atoms with van der Waals surface area (Å²) in [6.07, 6.45) is 11.0. The summed E-state index contributed by atoms with van der Waals surface area (Å²) in [6, 6.07) is 0.300. The number of aromatic nitrogens is 4. The van der Waals surface area contributed by atoms with E-state index in [0.717, 1.165) is 24.7 Å². The van der Waals surface area contributed by atoms with Crippen molar-refractivity contribution in [3.8, 4) is 0 Å². The lowest BCUT2D eigenvalue weighted by Crippen LogP contribution is -2.35. The van der Waals surface area contributed by atoms with Crippen LogP contribution in [0.1, 0.15) is 42.6 Å². The first-order chi connectivity index (χ1) is 9.79. The van der Waals surface area contributed by atoms with Gasteiger partial charge in [-0.3, -0.25) is 9.20 Å². The van der Waals surface area contributed by atoms with Gasteiger partial charge in [0.15, 0.2) is 5.65 Å². The Morgan fingerprint density at radius 3 is 2.85 bits per heavy atom. The molecule has 2 fully saturated rings. The van der Waals surface area contributed by atoms with E-state index >= 15 is 0 Å². The number of nitrogens with zero attached hydrogens (tertiary/aromatic N) is 4. The van der Waals surface area contributed by atoms with Gasteiger partial charge in [0.2, 0.25) is 0 Å². The van der Waals surface area contributed by atoms with Gasteiger partial charge in [-0.2, -0.15) is 0 Å². The molecular weight excluding hydrogens is 254 g/mol. The van der Waals surface area contributed by atoms with Crippen molar-refractivity contribution in [3.63, 3.8) is 0 Å². The molecule has 6 heteroatoms. The van der Waals surface area contributed by atoms with E-state index in [-0.39, 0.29) is 5.91 Å². The Morgan fingerprint density at radius 2 is 2.05 bits per heavy atom. The van der Waals surface area contributed by atoms with Crippen molar-refractivity contribution in [1.82, 2.24) is 24.9 Å². The van der Waals surface area contributed by atoms with Crippen LogP contribution < -0.4 is 5.32 Å². The molecule has 4 rings (SSSR count). The molecule has 6 nitrogen and oxygen atoms in total. The van der Waals surface area contributed by atoms with Gasteiger partial charge >= 0.3 is 0 Å². The molecule has 2 atom stereocenters. The molecule has 0 radical (unpaired) electrons. The number of carbonyl (C=O) groups excluding carboxylic acids is 1. The largest absolute Gasteiger partial charge is 0.348 e. The number of carbonyl (C=O) groups is 1. The highest BCUT2D eigenvalue weighted by Gasteiger charge is 2.39. The van der Waals surface area contributed by atoms with Crippen LogP contribution >= 0.6 is 0 Å². The molecular formula is C14H17N5O. The van der Waals surface area contributed by atoms with Gasteiger partial charge in [0, 0.05) is 12.2 Å². The van der Waals surface area contributed by atoms with Crippen LogP contribution in [0.15, 0.2) is 18.7 Å². The van der Waals surface area contributed by atoms with Gasteiger partial charge in [0.25, 0.3) is 5.91 Å². The quantitative estimate of drug-likeness (QED) is 0.897. The van der Waals surface area contributed by atoms with E-state index in [1.807, 2.05) is 0 Å². The number of amides is 1. The fraction of sp³-hybridized carbons (Fsp3) is 0.571. The lowest BCUT2D eigenvalue weighted by atomic mass is 10.1. The Morgan fingerprint density at radius 1 is 1.25 bits per heavy atom. The molecule has 2 aromatic heterocycles. The summed E-state index contributed by atoms with van der Waals surface area (Å²) in [7, 11) is 0. The van der Waals surface area contributed by atoms with Crippen LogP contribution in [0, 0.1) is 11.8 Å². The molecule has 2 saturated carbocycles. The Kier molecular flexibility index (Phi) is 2.68. The number of rotatable bonds is 2. The fourth-order valence-corrected chi connectivity index (χ4v) is 3.25. The first-order valence-corrected chi connectivity index (χ1v) is 7.26. The lowest BCUT2D eigenvalue weighted by molar-refractivity contribution is 0.0927. The summed E-state index contributed by atoms with van der Waals surface area (Å²) in [4.78, 5) is 16.4. The van der Waals surface area contributed by atoms with E-state index in [1.54, 1.807) is 23.1 Å². The van der Waals surface area contributed by atoms with Crippen LogP contribution in [0.25, 0.3) is 5.65 Å². The average molecular weight is 271 g/mol. The van der Waals surface area contributed by atoms with Gasteiger partial charge in [-0.1, -0.05) is 0 Å². The molecule has 2 aliphatic carbocycles. The van der Waals surface area contributed by atoms with Crippen molar-refractivity contribution in [2.24, 2.45) is 11.8 Å². The Labute approximate surface area is 116 Å². The van der Waals surface area contributed by atoms with Crippen LogP contribution in [0.2, 0.25) is 0 Å².